The van der Waals surface area contributed by atoms with Gasteiger partial charge in [-0.25, -0.2) is 10.9 Å². The topological polar surface area (TPSA) is 101 Å². The summed E-state index contributed by atoms with van der Waals surface area (Å²) in [5.74, 6) is 4.46. The van der Waals surface area contributed by atoms with E-state index < -0.39 is 11.8 Å². The van der Waals surface area contributed by atoms with Crippen LogP contribution in [0.5, 0.6) is 0 Å². The first-order valence-electron chi connectivity index (χ1n) is 13.4. The summed E-state index contributed by atoms with van der Waals surface area (Å²) in [6.45, 7) is 15.7. The van der Waals surface area contributed by atoms with E-state index in [0.29, 0.717) is 33.0 Å². The van der Waals surface area contributed by atoms with Crippen molar-refractivity contribution in [2.24, 2.45) is 5.84 Å². The molecular formula is C33H29N3O4. The molecule has 0 radical (unpaired) electrons. The molecule has 200 valence electrons. The Morgan fingerprint density at radius 1 is 0.375 bits per heavy atom. The fourth-order valence-electron chi connectivity index (χ4n) is 7.58. The van der Waals surface area contributed by atoms with Gasteiger partial charge in [0, 0.05) is 17.8 Å². The van der Waals surface area contributed by atoms with Crippen LogP contribution >= 0.6 is 0 Å². The molecule has 0 bridgehead atoms. The van der Waals surface area contributed by atoms with Gasteiger partial charge in [0.25, 0.3) is 23.6 Å². The predicted molar refractivity (Wildman–Crippen MR) is 157 cm³/mol. The summed E-state index contributed by atoms with van der Waals surface area (Å²) >= 11 is 0. The summed E-state index contributed by atoms with van der Waals surface area (Å²) in [6.07, 6.45) is 0. The maximum Gasteiger partial charge on any atom is 0.276 e. The van der Waals surface area contributed by atoms with E-state index in [1.165, 1.54) is 4.90 Å². The van der Waals surface area contributed by atoms with Crippen LogP contribution in [0.25, 0.3) is 43.1 Å². The van der Waals surface area contributed by atoms with Crippen molar-refractivity contribution < 1.29 is 19.2 Å². The third-order valence-electron chi connectivity index (χ3n) is 10.2. The minimum absolute atomic E-state index is 0.296. The number of hydrogen-bond donors (Lipinski definition) is 1. The van der Waals surface area contributed by atoms with E-state index in [1.54, 1.807) is 7.05 Å². The van der Waals surface area contributed by atoms with E-state index in [2.05, 4.69) is 0 Å². The molecule has 2 aliphatic heterocycles. The number of amides is 4. The largest absolute Gasteiger partial charge is 0.277 e. The van der Waals surface area contributed by atoms with Gasteiger partial charge in [0.15, 0.2) is 0 Å². The van der Waals surface area contributed by atoms with Gasteiger partial charge in [0.2, 0.25) is 0 Å². The first-order valence-corrected chi connectivity index (χ1v) is 13.4. The summed E-state index contributed by atoms with van der Waals surface area (Å²) < 4.78 is 0. The lowest BCUT2D eigenvalue weighted by Gasteiger charge is -2.33. The highest BCUT2D eigenvalue weighted by Gasteiger charge is 2.40. The van der Waals surface area contributed by atoms with Gasteiger partial charge < -0.3 is 0 Å². The van der Waals surface area contributed by atoms with Crippen molar-refractivity contribution in [3.63, 3.8) is 0 Å². The Kier molecular flexibility index (Phi) is 4.46. The molecule has 2 heterocycles. The molecule has 0 saturated carbocycles. The first-order chi connectivity index (χ1) is 18.7. The minimum Gasteiger partial charge on any atom is -0.277 e. The smallest absolute Gasteiger partial charge is 0.276 e. The maximum atomic E-state index is 13.6. The average molecular weight is 532 g/mol. The van der Waals surface area contributed by atoms with Crippen LogP contribution in [-0.2, 0) is 0 Å². The lowest BCUT2D eigenvalue weighted by molar-refractivity contribution is 0.0604. The van der Waals surface area contributed by atoms with Crippen molar-refractivity contribution in [2.75, 3.05) is 7.05 Å². The van der Waals surface area contributed by atoms with E-state index in [9.17, 15) is 19.2 Å². The molecule has 40 heavy (non-hydrogen) atoms. The van der Waals surface area contributed by atoms with E-state index in [0.717, 1.165) is 81.8 Å². The van der Waals surface area contributed by atoms with Crippen LogP contribution in [-0.4, -0.2) is 40.6 Å². The summed E-state index contributed by atoms with van der Waals surface area (Å²) in [7, 11) is 1.55. The Hall–Kier alpha value is -4.36. The van der Waals surface area contributed by atoms with Gasteiger partial charge in [-0.1, -0.05) is 0 Å². The Morgan fingerprint density at radius 2 is 0.625 bits per heavy atom. The van der Waals surface area contributed by atoms with Gasteiger partial charge in [-0.3, -0.25) is 24.1 Å². The first kappa shape index (κ1) is 24.7. The number of hydrazine groups is 1. The van der Waals surface area contributed by atoms with Gasteiger partial charge >= 0.3 is 0 Å². The molecule has 5 aromatic rings. The fraction of sp³-hybridized carbons (Fsp3) is 0.273. The Morgan fingerprint density at radius 3 is 0.900 bits per heavy atom. The molecule has 0 aliphatic carbocycles. The van der Waals surface area contributed by atoms with Crippen molar-refractivity contribution in [3.8, 4) is 0 Å². The zero-order valence-electron chi connectivity index (χ0n) is 24.1. The third-order valence-corrected chi connectivity index (χ3v) is 10.2. The van der Waals surface area contributed by atoms with Crippen LogP contribution in [0.4, 0.5) is 0 Å². The van der Waals surface area contributed by atoms with Crippen molar-refractivity contribution in [2.45, 2.75) is 55.4 Å². The fourth-order valence-corrected chi connectivity index (χ4v) is 7.58. The van der Waals surface area contributed by atoms with E-state index >= 15 is 0 Å². The zero-order chi connectivity index (χ0) is 29.0. The van der Waals surface area contributed by atoms with Crippen LogP contribution in [0.1, 0.15) is 85.9 Å². The normalized spacial score (nSPS) is 15.3. The van der Waals surface area contributed by atoms with Gasteiger partial charge in [0.1, 0.15) is 0 Å². The number of nitrogens with two attached hydrogens (primary N) is 1. The Bertz CT molecular complexity index is 1890. The molecule has 0 saturated heterocycles. The molecule has 0 fully saturated rings. The molecule has 7 rings (SSSR count). The van der Waals surface area contributed by atoms with Gasteiger partial charge in [-0.2, -0.15) is 0 Å². The monoisotopic (exact) mass is 531 g/mol. The molecule has 0 aromatic heterocycles. The van der Waals surface area contributed by atoms with Crippen molar-refractivity contribution in [1.29, 1.82) is 0 Å². The quantitative estimate of drug-likeness (QED) is 0.0882. The molecular weight excluding hydrogens is 502 g/mol. The number of carbonyl (C=O) groups is 4. The third kappa shape index (κ3) is 2.34. The van der Waals surface area contributed by atoms with Crippen LogP contribution in [0.3, 0.4) is 0 Å². The number of hydrogen-bond acceptors (Lipinski definition) is 5. The van der Waals surface area contributed by atoms with Crippen LogP contribution < -0.4 is 5.84 Å². The van der Waals surface area contributed by atoms with Crippen molar-refractivity contribution in [3.05, 3.63) is 66.8 Å². The summed E-state index contributed by atoms with van der Waals surface area (Å²) in [5, 5.41) is 7.69. The zero-order valence-corrected chi connectivity index (χ0v) is 24.1. The average Bonchev–Trinajstić information content (AvgIpc) is 2.92. The number of aryl methyl sites for hydroxylation is 4. The highest BCUT2D eigenvalue weighted by molar-refractivity contribution is 6.44. The second-order valence-electron chi connectivity index (χ2n) is 11.6. The summed E-state index contributed by atoms with van der Waals surface area (Å²) in [4.78, 5) is 55.6. The lowest BCUT2D eigenvalue weighted by Crippen LogP contribution is -2.46. The van der Waals surface area contributed by atoms with Crippen molar-refractivity contribution >= 4 is 66.7 Å². The SMILES string of the molecule is Cc1c2c3c(c(C)c(C)c4c5c(C)c(C)c6c7c(c(C)c(C)c(c(c1C)c34)c75)C(=O)N(N)C6=O)C(=O)N(C)C2=O. The van der Waals surface area contributed by atoms with Crippen LogP contribution in [0.2, 0.25) is 0 Å². The van der Waals surface area contributed by atoms with E-state index in [-0.39, 0.29) is 11.8 Å². The molecule has 4 amide bonds. The number of nitrogens with zero attached hydrogens (tertiary/aromatic N) is 2. The predicted octanol–water partition coefficient (Wildman–Crippen LogP) is 5.90. The summed E-state index contributed by atoms with van der Waals surface area (Å²) in [5.41, 5.74) is 9.00. The second-order valence-corrected chi connectivity index (χ2v) is 11.6. The molecule has 0 atom stereocenters. The highest BCUT2D eigenvalue weighted by Crippen LogP contribution is 2.53. The molecule has 0 unspecified atom stereocenters. The molecule has 5 aromatic carbocycles. The maximum absolute atomic E-state index is 13.6. The van der Waals surface area contributed by atoms with Gasteiger partial charge in [-0.15, -0.1) is 0 Å². The molecule has 7 nitrogen and oxygen atoms in total. The number of imide groups is 2. The highest BCUT2D eigenvalue weighted by atomic mass is 16.2. The number of rotatable bonds is 0. The molecule has 2 aliphatic rings. The van der Waals surface area contributed by atoms with Crippen LogP contribution in [0, 0.1) is 55.4 Å². The van der Waals surface area contributed by atoms with Crippen molar-refractivity contribution in [1.82, 2.24) is 9.91 Å². The number of benzene rings is 5. The summed E-state index contributed by atoms with van der Waals surface area (Å²) in [6, 6.07) is 0. The van der Waals surface area contributed by atoms with Crippen LogP contribution in [0.15, 0.2) is 0 Å². The van der Waals surface area contributed by atoms with Gasteiger partial charge in [-0.05, 0) is 132 Å². The number of carbonyl (C=O) groups excluding carboxylic acids is 4. The lowest BCUT2D eigenvalue weighted by atomic mass is 9.73. The molecule has 2 N–H and O–H groups in total. The molecule has 7 heteroatoms. The Balaban J connectivity index is 1.98. The van der Waals surface area contributed by atoms with Gasteiger partial charge in [0.05, 0.1) is 22.3 Å². The second kappa shape index (κ2) is 7.23. The Labute approximate surface area is 230 Å². The minimum atomic E-state index is -0.505. The standard InChI is InChI=1S/C33H29N3O4/c1-10-14(5)22-28-23(31(38)35(9)30(22)37)15(6)11(2)19-21-13(4)17(8)25-29-24(32(39)36(34)33(25)40)16(7)12(3)20(27(21)29)18(10)26(19)28/h34H2,1-9H3. The number of fused-ring (bicyclic) bond motifs is 2. The molecule has 0 spiro atoms. The van der Waals surface area contributed by atoms with E-state index in [4.69, 9.17) is 5.84 Å². The van der Waals surface area contributed by atoms with E-state index in [1.807, 2.05) is 55.4 Å².